The predicted octanol–water partition coefficient (Wildman–Crippen LogP) is 3.89. The third-order valence-corrected chi connectivity index (χ3v) is 8.06. The summed E-state index contributed by atoms with van der Waals surface area (Å²) in [7, 11) is 0. The Morgan fingerprint density at radius 1 is 0.978 bits per heavy atom. The second-order valence-electron chi connectivity index (χ2n) is 11.1. The van der Waals surface area contributed by atoms with Crippen LogP contribution in [0.4, 0.5) is 5.69 Å². The molecule has 4 aromatic rings. The second kappa shape index (κ2) is 13.1. The highest BCUT2D eigenvalue weighted by molar-refractivity contribution is 6.25. The van der Waals surface area contributed by atoms with Gasteiger partial charge in [0.05, 0.1) is 17.3 Å². The van der Waals surface area contributed by atoms with Gasteiger partial charge in [-0.2, -0.15) is 0 Å². The van der Waals surface area contributed by atoms with Crippen LogP contribution in [-0.4, -0.2) is 57.0 Å². The number of aromatic nitrogens is 2. The minimum Gasteiger partial charge on any atom is -0.457 e. The van der Waals surface area contributed by atoms with E-state index in [-0.39, 0.29) is 29.9 Å². The van der Waals surface area contributed by atoms with E-state index >= 15 is 0 Å². The first-order valence-electron chi connectivity index (χ1n) is 15.0. The number of carbonyl (C=O) groups is 5. The van der Waals surface area contributed by atoms with Crippen molar-refractivity contribution in [2.24, 2.45) is 0 Å². The first-order chi connectivity index (χ1) is 21.9. The zero-order valence-corrected chi connectivity index (χ0v) is 24.5. The fraction of sp³-hybridized carbons (Fsp3) is 0.303. The van der Waals surface area contributed by atoms with Gasteiger partial charge in [0.1, 0.15) is 17.8 Å². The molecule has 2 aliphatic heterocycles. The summed E-state index contributed by atoms with van der Waals surface area (Å²) in [6.45, 7) is 0.562. The van der Waals surface area contributed by atoms with Gasteiger partial charge in [0.2, 0.25) is 17.7 Å². The molecule has 6 rings (SSSR count). The van der Waals surface area contributed by atoms with E-state index < -0.39 is 35.7 Å². The Labute approximate surface area is 258 Å². The number of hydrogen-bond acceptors (Lipinski definition) is 9. The monoisotopic (exact) mass is 608 g/mol. The quantitative estimate of drug-likeness (QED) is 0.160. The highest BCUT2D eigenvalue weighted by Gasteiger charge is 2.45. The molecule has 5 amide bonds. The first-order valence-corrected chi connectivity index (χ1v) is 15.0. The van der Waals surface area contributed by atoms with Gasteiger partial charge in [0, 0.05) is 54.6 Å². The van der Waals surface area contributed by atoms with Crippen LogP contribution in [0.2, 0.25) is 0 Å². The lowest BCUT2D eigenvalue weighted by atomic mass is 10.0. The van der Waals surface area contributed by atoms with E-state index in [9.17, 15) is 24.0 Å². The van der Waals surface area contributed by atoms with E-state index in [4.69, 9.17) is 4.42 Å². The Balaban J connectivity index is 0.978. The molecule has 0 radical (unpaired) electrons. The average molecular weight is 609 g/mol. The van der Waals surface area contributed by atoms with Crippen molar-refractivity contribution >= 4 is 46.2 Å². The molecule has 1 aromatic carbocycles. The summed E-state index contributed by atoms with van der Waals surface area (Å²) in [6, 6.07) is 11.0. The van der Waals surface area contributed by atoms with Crippen LogP contribution in [-0.2, 0) is 14.4 Å². The molecule has 3 aromatic heterocycles. The van der Waals surface area contributed by atoms with Crippen LogP contribution in [0.25, 0.3) is 11.0 Å². The van der Waals surface area contributed by atoms with Crippen molar-refractivity contribution in [2.75, 3.05) is 11.9 Å². The second-order valence-corrected chi connectivity index (χ2v) is 11.1. The number of piperidine rings is 1. The highest BCUT2D eigenvalue weighted by atomic mass is 16.3. The number of carbonyl (C=O) groups excluding carboxylic acids is 5. The van der Waals surface area contributed by atoms with Crippen LogP contribution >= 0.6 is 0 Å². The number of hydrogen-bond donors (Lipinski definition) is 3. The van der Waals surface area contributed by atoms with Gasteiger partial charge in [-0.1, -0.05) is 25.0 Å². The van der Waals surface area contributed by atoms with E-state index in [1.165, 1.54) is 0 Å². The molecule has 0 bridgehead atoms. The molecule has 3 N–H and O–H groups in total. The summed E-state index contributed by atoms with van der Waals surface area (Å²) in [5.74, 6) is -1.60. The fourth-order valence-electron chi connectivity index (χ4n) is 5.80. The molecule has 230 valence electrons. The van der Waals surface area contributed by atoms with E-state index in [0.29, 0.717) is 36.4 Å². The molecule has 12 heteroatoms. The van der Waals surface area contributed by atoms with Crippen LogP contribution in [0, 0.1) is 0 Å². The third kappa shape index (κ3) is 6.30. The van der Waals surface area contributed by atoms with Crippen LogP contribution < -0.4 is 16.0 Å². The van der Waals surface area contributed by atoms with Crippen molar-refractivity contribution in [2.45, 2.75) is 57.0 Å². The number of nitrogens with one attached hydrogen (secondary N) is 3. The molecule has 2 atom stereocenters. The smallest absolute Gasteiger partial charge is 0.264 e. The predicted molar refractivity (Wildman–Crippen MR) is 163 cm³/mol. The van der Waals surface area contributed by atoms with Crippen molar-refractivity contribution in [1.29, 1.82) is 0 Å². The number of benzene rings is 1. The fourth-order valence-corrected chi connectivity index (χ4v) is 5.80. The highest BCUT2D eigenvalue weighted by Crippen LogP contribution is 2.32. The maximum Gasteiger partial charge on any atom is 0.264 e. The van der Waals surface area contributed by atoms with Gasteiger partial charge >= 0.3 is 0 Å². The summed E-state index contributed by atoms with van der Waals surface area (Å²) >= 11 is 0. The number of pyridine rings is 2. The molecule has 0 aliphatic carbocycles. The number of imide groups is 2. The van der Waals surface area contributed by atoms with Crippen LogP contribution in [0.15, 0.2) is 71.7 Å². The lowest BCUT2D eigenvalue weighted by Gasteiger charge is -2.27. The lowest BCUT2D eigenvalue weighted by molar-refractivity contribution is -0.136. The van der Waals surface area contributed by atoms with Gasteiger partial charge in [-0.15, -0.1) is 0 Å². The number of amides is 5. The molecular formula is C33H32N6O6. The largest absolute Gasteiger partial charge is 0.457 e. The minimum atomic E-state index is -1.00. The minimum absolute atomic E-state index is 0.0703. The molecule has 2 unspecified atom stereocenters. The van der Waals surface area contributed by atoms with Crippen LogP contribution in [0.1, 0.15) is 83.0 Å². The number of anilines is 1. The normalized spacial score (nSPS) is 16.9. The standard InChI is InChI=1S/C33H32N6O6/c40-27(37-30(21-7-6-14-34-18-21)25-17-20-13-16-35-19-26(20)45-25)10-3-1-2-4-15-36-23-9-5-8-22-29(23)33(44)39(32(22)43)24-11-12-28(41)38-31(24)42/h5-9,13-14,16-19,24,30,36H,1-4,10-12,15H2,(H,37,40)(H,38,41,42). The van der Waals surface area contributed by atoms with Gasteiger partial charge in [-0.25, -0.2) is 0 Å². The summed E-state index contributed by atoms with van der Waals surface area (Å²) in [6.07, 6.45) is 10.4. The Hall–Kier alpha value is -5.39. The molecule has 0 spiro atoms. The zero-order chi connectivity index (χ0) is 31.3. The van der Waals surface area contributed by atoms with Gasteiger partial charge in [-0.05, 0) is 49.6 Å². The van der Waals surface area contributed by atoms with Crippen LogP contribution in [0.3, 0.4) is 0 Å². The number of unbranched alkanes of at least 4 members (excludes halogenated alkanes) is 3. The Kier molecular flexibility index (Phi) is 8.63. The summed E-state index contributed by atoms with van der Waals surface area (Å²) in [5, 5.41) is 9.46. The van der Waals surface area contributed by atoms with E-state index in [0.717, 1.165) is 35.1 Å². The molecular weight excluding hydrogens is 576 g/mol. The number of rotatable bonds is 12. The van der Waals surface area contributed by atoms with E-state index in [2.05, 4.69) is 25.9 Å². The van der Waals surface area contributed by atoms with Crippen molar-refractivity contribution in [3.05, 3.63) is 89.7 Å². The summed E-state index contributed by atoms with van der Waals surface area (Å²) < 4.78 is 5.99. The van der Waals surface area contributed by atoms with Crippen LogP contribution in [0.5, 0.6) is 0 Å². The Morgan fingerprint density at radius 2 is 1.82 bits per heavy atom. The summed E-state index contributed by atoms with van der Waals surface area (Å²) in [5.41, 5.74) is 2.48. The molecule has 2 aliphatic rings. The van der Waals surface area contributed by atoms with Crippen molar-refractivity contribution < 1.29 is 28.4 Å². The topological polar surface area (TPSA) is 164 Å². The van der Waals surface area contributed by atoms with Crippen molar-refractivity contribution in [3.63, 3.8) is 0 Å². The first kappa shape index (κ1) is 29.7. The molecule has 5 heterocycles. The van der Waals surface area contributed by atoms with Gasteiger partial charge in [-0.3, -0.25) is 44.2 Å². The Bertz CT molecular complexity index is 1740. The van der Waals surface area contributed by atoms with Crippen molar-refractivity contribution in [1.82, 2.24) is 25.5 Å². The van der Waals surface area contributed by atoms with Gasteiger partial charge in [0.25, 0.3) is 11.8 Å². The van der Waals surface area contributed by atoms with Gasteiger partial charge < -0.3 is 15.1 Å². The number of furan rings is 1. The Morgan fingerprint density at radius 3 is 2.62 bits per heavy atom. The maximum atomic E-state index is 13.2. The molecule has 1 saturated heterocycles. The maximum absolute atomic E-state index is 13.2. The van der Waals surface area contributed by atoms with Crippen molar-refractivity contribution in [3.8, 4) is 0 Å². The number of fused-ring (bicyclic) bond motifs is 2. The van der Waals surface area contributed by atoms with E-state index in [1.807, 2.05) is 24.3 Å². The molecule has 12 nitrogen and oxygen atoms in total. The molecule has 45 heavy (non-hydrogen) atoms. The van der Waals surface area contributed by atoms with E-state index in [1.54, 1.807) is 43.0 Å². The van der Waals surface area contributed by atoms with Gasteiger partial charge in [0.15, 0.2) is 5.58 Å². The number of nitrogens with zero attached hydrogens (tertiary/aromatic N) is 3. The molecule has 1 fully saturated rings. The zero-order valence-electron chi connectivity index (χ0n) is 24.5. The SMILES string of the molecule is O=C1CCC(N2C(=O)c3cccc(NCCCCCCC(=O)NC(c4cccnc4)c4cc5ccncc5o4)c3C2=O)C(=O)N1. The third-order valence-electron chi connectivity index (χ3n) is 8.06. The summed E-state index contributed by atoms with van der Waals surface area (Å²) in [4.78, 5) is 72.4. The molecule has 0 saturated carbocycles. The lowest BCUT2D eigenvalue weighted by Crippen LogP contribution is -2.54. The average Bonchev–Trinajstić information content (AvgIpc) is 3.58.